The topological polar surface area (TPSA) is 67.8 Å². The predicted octanol–water partition coefficient (Wildman–Crippen LogP) is 4.16. The molecule has 0 aliphatic carbocycles. The fourth-order valence-electron chi connectivity index (χ4n) is 1.68. The molecule has 3 aromatic rings. The smallest absolute Gasteiger partial charge is 0.275 e. The molecule has 22 heavy (non-hydrogen) atoms. The van der Waals surface area contributed by atoms with Gasteiger partial charge in [-0.15, -0.1) is 11.3 Å². The van der Waals surface area contributed by atoms with Gasteiger partial charge in [0.15, 0.2) is 0 Å². The molecule has 110 valence electrons. The summed E-state index contributed by atoms with van der Waals surface area (Å²) in [6, 6.07) is 4.85. The molecule has 1 aromatic carbocycles. The third-order valence-corrected chi connectivity index (χ3v) is 4.11. The third kappa shape index (κ3) is 3.24. The summed E-state index contributed by atoms with van der Waals surface area (Å²) in [6.45, 7) is 0. The van der Waals surface area contributed by atoms with Crippen LogP contribution in [-0.4, -0.2) is 20.9 Å². The van der Waals surface area contributed by atoms with Gasteiger partial charge < -0.3 is 5.32 Å². The van der Waals surface area contributed by atoms with Crippen molar-refractivity contribution in [3.63, 3.8) is 0 Å². The molecular weight excluding hydrogens is 343 g/mol. The Morgan fingerprint density at radius 3 is 2.82 bits per heavy atom. The standard InChI is InChI=1S/C14H8Cl2N4OS/c15-8-1-2-10(9(16)5-8)19-13(21)12-7-22-14(20-12)11-6-17-3-4-18-11/h1-7H,(H,19,21). The lowest BCUT2D eigenvalue weighted by molar-refractivity contribution is 0.102. The molecule has 0 aliphatic heterocycles. The van der Waals surface area contributed by atoms with Crippen molar-refractivity contribution in [2.45, 2.75) is 0 Å². The van der Waals surface area contributed by atoms with Gasteiger partial charge in [0, 0.05) is 22.8 Å². The first-order valence-corrected chi connectivity index (χ1v) is 7.75. The van der Waals surface area contributed by atoms with Crippen LogP contribution in [0.25, 0.3) is 10.7 Å². The van der Waals surface area contributed by atoms with Crippen molar-refractivity contribution in [1.82, 2.24) is 15.0 Å². The number of nitrogens with one attached hydrogen (secondary N) is 1. The van der Waals surface area contributed by atoms with Crippen molar-refractivity contribution in [2.24, 2.45) is 0 Å². The van der Waals surface area contributed by atoms with Crippen LogP contribution in [0.15, 0.2) is 42.2 Å². The van der Waals surface area contributed by atoms with E-state index in [1.165, 1.54) is 11.3 Å². The van der Waals surface area contributed by atoms with Crippen LogP contribution in [0.3, 0.4) is 0 Å². The molecule has 8 heteroatoms. The van der Waals surface area contributed by atoms with Gasteiger partial charge in [-0.1, -0.05) is 23.2 Å². The molecule has 0 spiro atoms. The maximum atomic E-state index is 12.2. The lowest BCUT2D eigenvalue weighted by Gasteiger charge is -2.05. The maximum absolute atomic E-state index is 12.2. The van der Waals surface area contributed by atoms with Crippen LogP contribution in [0.1, 0.15) is 10.5 Å². The van der Waals surface area contributed by atoms with Gasteiger partial charge >= 0.3 is 0 Å². The van der Waals surface area contributed by atoms with Gasteiger partial charge in [0.25, 0.3) is 5.91 Å². The van der Waals surface area contributed by atoms with E-state index in [0.29, 0.717) is 26.4 Å². The zero-order chi connectivity index (χ0) is 15.5. The number of carbonyl (C=O) groups is 1. The largest absolute Gasteiger partial charge is 0.319 e. The first-order valence-electron chi connectivity index (χ1n) is 6.12. The minimum atomic E-state index is -0.351. The normalized spacial score (nSPS) is 10.5. The number of benzene rings is 1. The van der Waals surface area contributed by atoms with Crippen LogP contribution in [0.4, 0.5) is 5.69 Å². The monoisotopic (exact) mass is 350 g/mol. The van der Waals surface area contributed by atoms with Crippen molar-refractivity contribution in [3.8, 4) is 10.7 Å². The molecule has 1 N–H and O–H groups in total. The summed E-state index contributed by atoms with van der Waals surface area (Å²) in [6.07, 6.45) is 4.74. The summed E-state index contributed by atoms with van der Waals surface area (Å²) >= 11 is 13.2. The average Bonchev–Trinajstić information content (AvgIpc) is 3.01. The van der Waals surface area contributed by atoms with Crippen molar-refractivity contribution in [3.05, 3.63) is 57.9 Å². The number of halogens is 2. The highest BCUT2D eigenvalue weighted by Gasteiger charge is 2.14. The molecule has 0 bridgehead atoms. The number of rotatable bonds is 3. The summed E-state index contributed by atoms with van der Waals surface area (Å²) in [7, 11) is 0. The Labute approximate surface area is 140 Å². The average molecular weight is 351 g/mol. The third-order valence-electron chi connectivity index (χ3n) is 2.70. The van der Waals surface area contributed by atoms with Crippen LogP contribution in [0.5, 0.6) is 0 Å². The van der Waals surface area contributed by atoms with Crippen molar-refractivity contribution < 1.29 is 4.79 Å². The Kier molecular flexibility index (Phi) is 4.33. The first kappa shape index (κ1) is 14.9. The minimum absolute atomic E-state index is 0.289. The van der Waals surface area contributed by atoms with E-state index in [0.717, 1.165) is 0 Å². The molecule has 0 saturated heterocycles. The number of carbonyl (C=O) groups excluding carboxylic acids is 1. The molecule has 0 radical (unpaired) electrons. The maximum Gasteiger partial charge on any atom is 0.275 e. The Hall–Kier alpha value is -2.02. The molecule has 5 nitrogen and oxygen atoms in total. The highest BCUT2D eigenvalue weighted by Crippen LogP contribution is 2.26. The van der Waals surface area contributed by atoms with Crippen molar-refractivity contribution in [1.29, 1.82) is 0 Å². The lowest BCUT2D eigenvalue weighted by atomic mass is 10.3. The first-order chi connectivity index (χ1) is 10.6. The van der Waals surface area contributed by atoms with Gasteiger partial charge in [0.2, 0.25) is 0 Å². The van der Waals surface area contributed by atoms with E-state index in [1.54, 1.807) is 42.2 Å². The van der Waals surface area contributed by atoms with E-state index in [-0.39, 0.29) is 11.6 Å². The quantitative estimate of drug-likeness (QED) is 0.769. The van der Waals surface area contributed by atoms with Gasteiger partial charge in [0.05, 0.1) is 16.9 Å². The number of hydrogen-bond acceptors (Lipinski definition) is 5. The van der Waals surface area contributed by atoms with Crippen LogP contribution in [-0.2, 0) is 0 Å². The van der Waals surface area contributed by atoms with Crippen molar-refractivity contribution >= 4 is 46.1 Å². The highest BCUT2D eigenvalue weighted by atomic mass is 35.5. The SMILES string of the molecule is O=C(Nc1ccc(Cl)cc1Cl)c1csc(-c2cnccn2)n1. The number of nitrogens with zero attached hydrogens (tertiary/aromatic N) is 3. The van der Waals surface area contributed by atoms with Crippen LogP contribution >= 0.6 is 34.5 Å². The van der Waals surface area contributed by atoms with E-state index in [1.807, 2.05) is 0 Å². The predicted molar refractivity (Wildman–Crippen MR) is 87.6 cm³/mol. The summed E-state index contributed by atoms with van der Waals surface area (Å²) in [5.74, 6) is -0.351. The number of amides is 1. The van der Waals surface area contributed by atoms with Gasteiger partial charge in [-0.2, -0.15) is 0 Å². The molecule has 1 amide bonds. The molecule has 0 aliphatic rings. The summed E-state index contributed by atoms with van der Waals surface area (Å²) in [5.41, 5.74) is 1.39. The van der Waals surface area contributed by atoms with Gasteiger partial charge in [-0.3, -0.25) is 14.8 Å². The summed E-state index contributed by atoms with van der Waals surface area (Å²) < 4.78 is 0. The lowest BCUT2D eigenvalue weighted by Crippen LogP contribution is -2.12. The molecule has 2 aromatic heterocycles. The minimum Gasteiger partial charge on any atom is -0.319 e. The Morgan fingerprint density at radius 2 is 2.09 bits per heavy atom. The van der Waals surface area contributed by atoms with E-state index < -0.39 is 0 Å². The second kappa shape index (κ2) is 6.39. The molecule has 0 fully saturated rings. The van der Waals surface area contributed by atoms with E-state index in [2.05, 4.69) is 20.3 Å². The molecule has 3 rings (SSSR count). The van der Waals surface area contributed by atoms with E-state index in [4.69, 9.17) is 23.2 Å². The summed E-state index contributed by atoms with van der Waals surface area (Å²) in [5, 5.41) is 5.85. The van der Waals surface area contributed by atoms with Gasteiger partial charge in [0.1, 0.15) is 16.4 Å². The second-order valence-electron chi connectivity index (χ2n) is 4.21. The number of thiazole rings is 1. The Balaban J connectivity index is 1.80. The summed E-state index contributed by atoms with van der Waals surface area (Å²) in [4.78, 5) is 24.6. The van der Waals surface area contributed by atoms with Crippen LogP contribution in [0, 0.1) is 0 Å². The van der Waals surface area contributed by atoms with Crippen LogP contribution < -0.4 is 5.32 Å². The molecule has 0 saturated carbocycles. The van der Waals surface area contributed by atoms with Crippen LogP contribution in [0.2, 0.25) is 10.0 Å². The fraction of sp³-hybridized carbons (Fsp3) is 0. The molecular formula is C14H8Cl2N4OS. The van der Waals surface area contributed by atoms with Gasteiger partial charge in [-0.05, 0) is 18.2 Å². The Morgan fingerprint density at radius 1 is 1.23 bits per heavy atom. The molecule has 2 heterocycles. The molecule has 0 atom stereocenters. The zero-order valence-electron chi connectivity index (χ0n) is 11.0. The number of anilines is 1. The second-order valence-corrected chi connectivity index (χ2v) is 5.91. The number of aromatic nitrogens is 3. The van der Waals surface area contributed by atoms with E-state index in [9.17, 15) is 4.79 Å². The highest BCUT2D eigenvalue weighted by molar-refractivity contribution is 7.13. The zero-order valence-corrected chi connectivity index (χ0v) is 13.3. The molecule has 0 unspecified atom stereocenters. The van der Waals surface area contributed by atoms with Gasteiger partial charge in [-0.25, -0.2) is 4.98 Å². The van der Waals surface area contributed by atoms with E-state index >= 15 is 0 Å². The Bertz CT molecular complexity index is 823. The number of hydrogen-bond donors (Lipinski definition) is 1. The fourth-order valence-corrected chi connectivity index (χ4v) is 2.90. The van der Waals surface area contributed by atoms with Crippen molar-refractivity contribution in [2.75, 3.05) is 5.32 Å².